The topological polar surface area (TPSA) is 59.1 Å². The third-order valence-electron chi connectivity index (χ3n) is 2.14. The summed E-state index contributed by atoms with van der Waals surface area (Å²) in [6, 6.07) is 11.7. The quantitative estimate of drug-likeness (QED) is 0.754. The first-order valence-corrected chi connectivity index (χ1v) is 6.49. The van der Waals surface area contributed by atoms with E-state index in [-0.39, 0.29) is 11.1 Å². The highest BCUT2D eigenvalue weighted by Crippen LogP contribution is 2.13. The zero-order chi connectivity index (χ0) is 13.0. The Balaban J connectivity index is 0.000000149. The summed E-state index contributed by atoms with van der Waals surface area (Å²) < 4.78 is 0. The molecule has 1 saturated heterocycles. The number of benzene rings is 1. The lowest BCUT2D eigenvalue weighted by Gasteiger charge is -1.94. The summed E-state index contributed by atoms with van der Waals surface area (Å²) in [5.41, 5.74) is 0.944. The van der Waals surface area contributed by atoms with Crippen LogP contribution in [0.15, 0.2) is 36.4 Å². The first-order chi connectivity index (χ1) is 8.65. The molecule has 1 aliphatic rings. The molecular formula is C12H9ClN2O2S. The van der Waals surface area contributed by atoms with Crippen molar-refractivity contribution in [2.45, 2.75) is 0 Å². The summed E-state index contributed by atoms with van der Waals surface area (Å²) in [5.74, 6) is 0.105. The van der Waals surface area contributed by atoms with Gasteiger partial charge in [-0.05, 0) is 18.2 Å². The molecule has 2 aromatic rings. The normalized spacial score (nSPS) is 14.1. The Morgan fingerprint density at radius 1 is 1.17 bits per heavy atom. The van der Waals surface area contributed by atoms with Crippen molar-refractivity contribution in [3.05, 3.63) is 41.6 Å². The largest absolute Gasteiger partial charge is 0.286 e. The van der Waals surface area contributed by atoms with Gasteiger partial charge >= 0.3 is 0 Å². The van der Waals surface area contributed by atoms with Crippen molar-refractivity contribution >= 4 is 45.4 Å². The van der Waals surface area contributed by atoms with Crippen LogP contribution >= 0.6 is 23.4 Å². The summed E-state index contributed by atoms with van der Waals surface area (Å²) >= 11 is 6.71. The van der Waals surface area contributed by atoms with Gasteiger partial charge in [0.15, 0.2) is 0 Å². The van der Waals surface area contributed by atoms with Crippen LogP contribution in [0, 0.1) is 0 Å². The van der Waals surface area contributed by atoms with Crippen LogP contribution in [0.1, 0.15) is 0 Å². The number of imide groups is 1. The number of amides is 2. The van der Waals surface area contributed by atoms with Gasteiger partial charge in [-0.25, -0.2) is 4.98 Å². The Morgan fingerprint density at radius 2 is 1.94 bits per heavy atom. The number of aromatic nitrogens is 1. The molecule has 2 heterocycles. The second-order valence-electron chi connectivity index (χ2n) is 3.45. The minimum atomic E-state index is -0.231. The van der Waals surface area contributed by atoms with E-state index in [1.165, 1.54) is 0 Å². The maximum atomic E-state index is 10.1. The zero-order valence-electron chi connectivity index (χ0n) is 9.22. The molecule has 4 nitrogen and oxygen atoms in total. The average molecular weight is 281 g/mol. The SMILES string of the molecule is Clc1ccc2ccccc2n1.O=C1CSC(=O)N1. The Hall–Kier alpha value is -1.59. The predicted molar refractivity (Wildman–Crippen MR) is 72.7 cm³/mol. The van der Waals surface area contributed by atoms with E-state index in [4.69, 9.17) is 11.6 Å². The van der Waals surface area contributed by atoms with Crippen LogP contribution in [0.25, 0.3) is 10.9 Å². The molecule has 0 unspecified atom stereocenters. The molecule has 92 valence electrons. The molecule has 2 amide bonds. The molecule has 0 atom stereocenters. The van der Waals surface area contributed by atoms with E-state index in [1.54, 1.807) is 6.07 Å². The number of hydrogen-bond donors (Lipinski definition) is 1. The number of pyridine rings is 1. The van der Waals surface area contributed by atoms with Crippen LogP contribution in [0.4, 0.5) is 4.79 Å². The molecule has 0 saturated carbocycles. The van der Waals surface area contributed by atoms with Crippen molar-refractivity contribution in [3.63, 3.8) is 0 Å². The lowest BCUT2D eigenvalue weighted by Crippen LogP contribution is -2.18. The highest BCUT2D eigenvalue weighted by molar-refractivity contribution is 8.14. The third-order valence-corrected chi connectivity index (χ3v) is 3.12. The van der Waals surface area contributed by atoms with E-state index in [0.29, 0.717) is 10.9 Å². The van der Waals surface area contributed by atoms with Gasteiger partial charge in [-0.1, -0.05) is 41.6 Å². The first-order valence-electron chi connectivity index (χ1n) is 5.13. The molecule has 3 rings (SSSR count). The van der Waals surface area contributed by atoms with Gasteiger partial charge < -0.3 is 0 Å². The molecule has 6 heteroatoms. The number of carbonyl (C=O) groups excluding carboxylic acids is 2. The molecule has 18 heavy (non-hydrogen) atoms. The van der Waals surface area contributed by atoms with E-state index in [0.717, 1.165) is 22.7 Å². The fourth-order valence-electron chi connectivity index (χ4n) is 1.36. The maximum Gasteiger partial charge on any atom is 0.286 e. The van der Waals surface area contributed by atoms with E-state index in [2.05, 4.69) is 10.3 Å². The lowest BCUT2D eigenvalue weighted by molar-refractivity contribution is -0.117. The number of halogens is 1. The van der Waals surface area contributed by atoms with E-state index in [9.17, 15) is 9.59 Å². The number of hydrogen-bond acceptors (Lipinski definition) is 4. The third kappa shape index (κ3) is 3.45. The van der Waals surface area contributed by atoms with Gasteiger partial charge in [0.05, 0.1) is 11.3 Å². The Bertz CT molecular complexity index is 589. The minimum Gasteiger partial charge on any atom is -0.286 e. The molecule has 1 aliphatic heterocycles. The van der Waals surface area contributed by atoms with Crippen LogP contribution in [0.3, 0.4) is 0 Å². The first kappa shape index (κ1) is 12.9. The molecule has 1 fully saturated rings. The number of fused-ring (bicyclic) bond motifs is 1. The molecule has 0 bridgehead atoms. The predicted octanol–water partition coefficient (Wildman–Crippen LogP) is 2.86. The van der Waals surface area contributed by atoms with Crippen LogP contribution in [-0.2, 0) is 4.79 Å². The molecule has 0 aliphatic carbocycles. The summed E-state index contributed by atoms with van der Waals surface area (Å²) in [4.78, 5) is 24.3. The fourth-order valence-corrected chi connectivity index (χ4v) is 2.03. The molecular weight excluding hydrogens is 272 g/mol. The standard InChI is InChI=1S/C9H6ClN.C3H3NO2S/c10-9-6-5-7-3-1-2-4-8(7)11-9;5-2-1-7-3(6)4-2/h1-6H;1H2,(H,4,5,6). The van der Waals surface area contributed by atoms with Gasteiger partial charge in [0.1, 0.15) is 5.15 Å². The fraction of sp³-hybridized carbons (Fsp3) is 0.0833. The number of nitrogens with one attached hydrogen (secondary N) is 1. The molecule has 1 aromatic carbocycles. The zero-order valence-corrected chi connectivity index (χ0v) is 10.8. The van der Waals surface area contributed by atoms with Crippen molar-refractivity contribution in [2.75, 3.05) is 5.75 Å². The number of nitrogens with zero attached hydrogens (tertiary/aromatic N) is 1. The second-order valence-corrected chi connectivity index (χ2v) is 4.79. The van der Waals surface area contributed by atoms with Crippen LogP contribution < -0.4 is 5.32 Å². The number of thioether (sulfide) groups is 1. The van der Waals surface area contributed by atoms with Crippen molar-refractivity contribution in [1.29, 1.82) is 0 Å². The van der Waals surface area contributed by atoms with Gasteiger partial charge in [0.25, 0.3) is 5.24 Å². The van der Waals surface area contributed by atoms with Crippen LogP contribution in [0.5, 0.6) is 0 Å². The molecule has 1 aromatic heterocycles. The highest BCUT2D eigenvalue weighted by atomic mass is 35.5. The minimum absolute atomic E-state index is 0.185. The van der Waals surface area contributed by atoms with E-state index < -0.39 is 0 Å². The molecule has 0 radical (unpaired) electrons. The molecule has 0 spiro atoms. The number of rotatable bonds is 0. The van der Waals surface area contributed by atoms with Crippen molar-refractivity contribution in [2.24, 2.45) is 0 Å². The monoisotopic (exact) mass is 280 g/mol. The van der Waals surface area contributed by atoms with Crippen molar-refractivity contribution in [1.82, 2.24) is 10.3 Å². The molecule has 1 N–H and O–H groups in total. The van der Waals surface area contributed by atoms with Gasteiger partial charge in [-0.15, -0.1) is 0 Å². The average Bonchev–Trinajstić information content (AvgIpc) is 2.74. The Labute approximate surface area is 113 Å². The van der Waals surface area contributed by atoms with E-state index >= 15 is 0 Å². The van der Waals surface area contributed by atoms with E-state index in [1.807, 2.05) is 30.3 Å². The van der Waals surface area contributed by atoms with Gasteiger partial charge in [-0.3, -0.25) is 14.9 Å². The summed E-state index contributed by atoms with van der Waals surface area (Å²) in [6.45, 7) is 0. The summed E-state index contributed by atoms with van der Waals surface area (Å²) in [6.07, 6.45) is 0. The van der Waals surface area contributed by atoms with Gasteiger partial charge in [-0.2, -0.15) is 0 Å². The Morgan fingerprint density at radius 3 is 2.56 bits per heavy atom. The highest BCUT2D eigenvalue weighted by Gasteiger charge is 2.16. The maximum absolute atomic E-state index is 10.1. The Kier molecular flexibility index (Phi) is 4.17. The van der Waals surface area contributed by atoms with Crippen LogP contribution in [-0.4, -0.2) is 21.9 Å². The van der Waals surface area contributed by atoms with Crippen LogP contribution in [0.2, 0.25) is 5.15 Å². The second kappa shape index (κ2) is 5.84. The summed E-state index contributed by atoms with van der Waals surface area (Å²) in [7, 11) is 0. The number of carbonyl (C=O) groups is 2. The van der Waals surface area contributed by atoms with Crippen molar-refractivity contribution < 1.29 is 9.59 Å². The number of para-hydroxylation sites is 1. The lowest BCUT2D eigenvalue weighted by atomic mass is 10.2. The summed E-state index contributed by atoms with van der Waals surface area (Å²) in [5, 5.41) is 3.54. The van der Waals surface area contributed by atoms with Gasteiger partial charge in [0.2, 0.25) is 5.91 Å². The smallest absolute Gasteiger partial charge is 0.286 e. The van der Waals surface area contributed by atoms with Gasteiger partial charge in [0, 0.05) is 5.39 Å². The van der Waals surface area contributed by atoms with Crippen molar-refractivity contribution in [3.8, 4) is 0 Å².